The third kappa shape index (κ3) is 4.76. The fourth-order valence-corrected chi connectivity index (χ4v) is 0.927. The Labute approximate surface area is 109 Å². The average molecular weight is 285 g/mol. The largest absolute Gasteiger partial charge is 1.00 e. The van der Waals surface area contributed by atoms with E-state index in [9.17, 15) is 0 Å². The number of diazo groups is 1. The van der Waals surface area contributed by atoms with Crippen molar-refractivity contribution in [1.29, 1.82) is 5.39 Å². The fourth-order valence-electron chi connectivity index (χ4n) is 0.927. The number of halogens is 2. The summed E-state index contributed by atoms with van der Waals surface area (Å²) >= 11 is 0. The molecule has 1 aromatic rings. The summed E-state index contributed by atoms with van der Waals surface area (Å²) in [4.78, 5) is 5.05. The monoisotopic (exact) mass is 283 g/mol. The van der Waals surface area contributed by atoms with E-state index in [4.69, 9.17) is 5.39 Å². The molecule has 14 heavy (non-hydrogen) atoms. The third-order valence-electron chi connectivity index (χ3n) is 1.47. The van der Waals surface area contributed by atoms with Gasteiger partial charge in [-0.3, -0.25) is 0 Å². The van der Waals surface area contributed by atoms with Crippen LogP contribution in [0.15, 0.2) is 24.3 Å². The summed E-state index contributed by atoms with van der Waals surface area (Å²) in [7, 11) is 3.81. The molecule has 1 aromatic carbocycles. The Balaban J connectivity index is -0.000000403. The maximum atomic E-state index is 8.57. The Morgan fingerprint density at radius 3 is 2.07 bits per heavy atom. The summed E-state index contributed by atoms with van der Waals surface area (Å²) in [5, 5.41) is 8.57. The minimum Gasteiger partial charge on any atom is -1.00 e. The number of nitrogens with zero attached hydrogens (tertiary/aromatic N) is 3. The van der Waals surface area contributed by atoms with Crippen molar-refractivity contribution in [3.05, 3.63) is 29.2 Å². The third-order valence-corrected chi connectivity index (χ3v) is 1.47. The van der Waals surface area contributed by atoms with Gasteiger partial charge in [0.25, 0.3) is 0 Å². The second-order valence-electron chi connectivity index (χ2n) is 2.48. The van der Waals surface area contributed by atoms with Gasteiger partial charge in [0.15, 0.2) is 4.98 Å². The van der Waals surface area contributed by atoms with Crippen LogP contribution < -0.4 is 17.3 Å². The van der Waals surface area contributed by atoms with E-state index in [1.165, 1.54) is 0 Å². The summed E-state index contributed by atoms with van der Waals surface area (Å²) in [6, 6.07) is 7.40. The normalized spacial score (nSPS) is 6.93. The van der Waals surface area contributed by atoms with Crippen LogP contribution in [0.2, 0.25) is 0 Å². The van der Waals surface area contributed by atoms with Gasteiger partial charge >= 0.3 is 5.69 Å². The average Bonchev–Trinajstić information content (AvgIpc) is 2.04. The molecule has 3 nitrogen and oxygen atoms in total. The molecule has 0 fully saturated rings. The van der Waals surface area contributed by atoms with Crippen molar-refractivity contribution in [3.63, 3.8) is 0 Å². The molecule has 0 unspecified atom stereocenters. The van der Waals surface area contributed by atoms with E-state index in [-0.39, 0.29) is 44.3 Å². The van der Waals surface area contributed by atoms with Gasteiger partial charge in [-0.2, -0.15) is 0 Å². The number of hydrogen-bond acceptors (Lipinski definition) is 2. The summed E-state index contributed by atoms with van der Waals surface area (Å²) in [5.74, 6) is 0. The zero-order chi connectivity index (χ0) is 8.27. The molecule has 0 aromatic heterocycles. The van der Waals surface area contributed by atoms with Gasteiger partial charge in [-0.15, -0.1) is 12.4 Å². The second kappa shape index (κ2) is 9.21. The zero-order valence-electron chi connectivity index (χ0n) is 8.14. The fraction of sp³-hybridized carbons (Fsp3) is 0.250. The number of hydrogen-bond donors (Lipinski definition) is 0. The van der Waals surface area contributed by atoms with Gasteiger partial charge in [0.05, 0.1) is 0 Å². The minimum atomic E-state index is 0. The van der Waals surface area contributed by atoms with Crippen LogP contribution in [0.5, 0.6) is 0 Å². The smallest absolute Gasteiger partial charge is 0.407 e. The molecule has 0 atom stereocenters. The maximum Gasteiger partial charge on any atom is 0.407 e. The molecular formula is C8H11Cl2N3Zn. The van der Waals surface area contributed by atoms with E-state index in [1.807, 2.05) is 37.2 Å². The predicted molar refractivity (Wildman–Crippen MR) is 52.8 cm³/mol. The van der Waals surface area contributed by atoms with Gasteiger partial charge in [-0.05, 0) is 6.07 Å². The Morgan fingerprint density at radius 1 is 1.21 bits per heavy atom. The summed E-state index contributed by atoms with van der Waals surface area (Å²) in [6.07, 6.45) is 0. The summed E-state index contributed by atoms with van der Waals surface area (Å²) in [5.41, 5.74) is 1.51. The summed E-state index contributed by atoms with van der Waals surface area (Å²) in [6.45, 7) is 0. The molecule has 6 heteroatoms. The van der Waals surface area contributed by atoms with Gasteiger partial charge in [0.2, 0.25) is 5.39 Å². The maximum absolute atomic E-state index is 8.57. The van der Waals surface area contributed by atoms with Crippen molar-refractivity contribution >= 4 is 23.8 Å². The molecule has 0 amide bonds. The molecule has 0 N–H and O–H groups in total. The second-order valence-corrected chi connectivity index (χ2v) is 2.48. The molecule has 1 rings (SSSR count). The Morgan fingerprint density at radius 2 is 1.71 bits per heavy atom. The van der Waals surface area contributed by atoms with Gasteiger partial charge in [-0.25, -0.2) is 0 Å². The van der Waals surface area contributed by atoms with Crippen LogP contribution in [0.4, 0.5) is 11.4 Å². The molecule has 0 heterocycles. The molecule has 0 saturated heterocycles. The van der Waals surface area contributed by atoms with Crippen molar-refractivity contribution in [2.45, 2.75) is 0 Å². The first-order valence-corrected chi connectivity index (χ1v) is 3.37. The SMILES string of the molecule is CN(C)c1ccccc1[N+]#N.Cl.[Cl-].[Zn]. The standard InChI is InChI=1S/C8H10N3.2ClH.Zn/c1-11(2)8-6-4-3-5-7(8)10-9;;;/h3-6H,1-2H3;2*1H;/q+1;;;/p-1. The van der Waals surface area contributed by atoms with E-state index in [0.717, 1.165) is 5.69 Å². The van der Waals surface area contributed by atoms with Gasteiger partial charge < -0.3 is 17.3 Å². The van der Waals surface area contributed by atoms with Crippen LogP contribution in [-0.4, -0.2) is 14.1 Å². The van der Waals surface area contributed by atoms with Crippen LogP contribution in [0, 0.1) is 5.39 Å². The number of para-hydroxylation sites is 1. The topological polar surface area (TPSA) is 31.4 Å². The van der Waals surface area contributed by atoms with Crippen LogP contribution in [0.1, 0.15) is 0 Å². The molecule has 0 spiro atoms. The van der Waals surface area contributed by atoms with Gasteiger partial charge in [0.1, 0.15) is 5.69 Å². The van der Waals surface area contributed by atoms with Crippen LogP contribution in [0.3, 0.4) is 0 Å². The van der Waals surface area contributed by atoms with Crippen LogP contribution >= 0.6 is 12.4 Å². The van der Waals surface area contributed by atoms with Crippen LogP contribution in [0.25, 0.3) is 4.98 Å². The Kier molecular flexibility index (Phi) is 12.7. The van der Waals surface area contributed by atoms with E-state index >= 15 is 0 Å². The number of anilines is 1. The summed E-state index contributed by atoms with van der Waals surface area (Å²) < 4.78 is 0. The first-order chi connectivity index (χ1) is 5.25. The molecule has 0 saturated carbocycles. The van der Waals surface area contributed by atoms with Crippen molar-refractivity contribution < 1.29 is 31.9 Å². The zero-order valence-corrected chi connectivity index (χ0v) is 12.7. The number of benzene rings is 1. The first-order valence-electron chi connectivity index (χ1n) is 3.37. The molecule has 0 aliphatic carbocycles. The Bertz CT molecular complexity index is 299. The van der Waals surface area contributed by atoms with Crippen molar-refractivity contribution in [3.8, 4) is 0 Å². The molecule has 0 aliphatic heterocycles. The molecule has 0 radical (unpaired) electrons. The van der Waals surface area contributed by atoms with Crippen molar-refractivity contribution in [2.75, 3.05) is 19.0 Å². The minimum absolute atomic E-state index is 0. The Hall–Kier alpha value is -0.357. The first kappa shape index (κ1) is 19.3. The van der Waals surface area contributed by atoms with E-state index < -0.39 is 0 Å². The molecule has 0 bridgehead atoms. The van der Waals surface area contributed by atoms with Crippen molar-refractivity contribution in [2.24, 2.45) is 0 Å². The molecular weight excluding hydrogens is 274 g/mol. The van der Waals surface area contributed by atoms with Gasteiger partial charge in [0, 0.05) is 39.6 Å². The van der Waals surface area contributed by atoms with Gasteiger partial charge in [-0.1, -0.05) is 12.1 Å². The molecule has 74 valence electrons. The van der Waals surface area contributed by atoms with E-state index in [1.54, 1.807) is 6.07 Å². The quantitative estimate of drug-likeness (QED) is 0.522. The van der Waals surface area contributed by atoms with Crippen LogP contribution in [-0.2, 0) is 19.5 Å². The predicted octanol–water partition coefficient (Wildman–Crippen LogP) is -0.340. The van der Waals surface area contributed by atoms with E-state index in [2.05, 4.69) is 4.98 Å². The number of rotatable bonds is 1. The molecule has 0 aliphatic rings. The van der Waals surface area contributed by atoms with Crippen molar-refractivity contribution in [1.82, 2.24) is 0 Å². The van der Waals surface area contributed by atoms with E-state index in [0.29, 0.717) is 5.69 Å².